The SMILES string of the molecule is CCOc1ccc(OCc2cccc(C(=O)NCCCn3cc(Cl)c(C)n3)c2)cc1. The van der Waals surface area contributed by atoms with Crippen LogP contribution < -0.4 is 14.8 Å². The van der Waals surface area contributed by atoms with Gasteiger partial charge in [-0.05, 0) is 62.2 Å². The monoisotopic (exact) mass is 427 g/mol. The average Bonchev–Trinajstić information content (AvgIpc) is 3.08. The third-order valence-electron chi connectivity index (χ3n) is 4.47. The van der Waals surface area contributed by atoms with Gasteiger partial charge in [0.05, 0.1) is 17.3 Å². The molecule has 158 valence electrons. The van der Waals surface area contributed by atoms with Crippen LogP contribution in [0.2, 0.25) is 5.02 Å². The summed E-state index contributed by atoms with van der Waals surface area (Å²) in [4.78, 5) is 12.4. The van der Waals surface area contributed by atoms with Crippen molar-refractivity contribution < 1.29 is 14.3 Å². The van der Waals surface area contributed by atoms with Crippen LogP contribution in [0.4, 0.5) is 0 Å². The molecular formula is C23H26ClN3O3. The van der Waals surface area contributed by atoms with Gasteiger partial charge >= 0.3 is 0 Å². The summed E-state index contributed by atoms with van der Waals surface area (Å²) in [5.74, 6) is 1.46. The molecule has 1 amide bonds. The van der Waals surface area contributed by atoms with Crippen molar-refractivity contribution in [2.24, 2.45) is 0 Å². The lowest BCUT2D eigenvalue weighted by molar-refractivity contribution is 0.0952. The lowest BCUT2D eigenvalue weighted by atomic mass is 10.1. The van der Waals surface area contributed by atoms with Crippen LogP contribution in [0.15, 0.2) is 54.7 Å². The molecule has 1 aromatic heterocycles. The number of carbonyl (C=O) groups excluding carboxylic acids is 1. The highest BCUT2D eigenvalue weighted by Gasteiger charge is 2.07. The zero-order valence-corrected chi connectivity index (χ0v) is 18.0. The maximum absolute atomic E-state index is 12.4. The number of amides is 1. The second-order valence-corrected chi connectivity index (χ2v) is 7.24. The van der Waals surface area contributed by atoms with Gasteiger partial charge in [0.25, 0.3) is 5.91 Å². The molecule has 0 radical (unpaired) electrons. The van der Waals surface area contributed by atoms with E-state index >= 15 is 0 Å². The highest BCUT2D eigenvalue weighted by atomic mass is 35.5. The minimum atomic E-state index is -0.104. The summed E-state index contributed by atoms with van der Waals surface area (Å²) in [6, 6.07) is 14.9. The van der Waals surface area contributed by atoms with Crippen molar-refractivity contribution in [3.8, 4) is 11.5 Å². The first kappa shape index (κ1) is 21.7. The molecule has 1 N–H and O–H groups in total. The number of hydrogen-bond acceptors (Lipinski definition) is 4. The summed E-state index contributed by atoms with van der Waals surface area (Å²) in [6.07, 6.45) is 2.57. The van der Waals surface area contributed by atoms with E-state index in [1.165, 1.54) is 0 Å². The molecule has 0 saturated carbocycles. The van der Waals surface area contributed by atoms with Crippen LogP contribution in [0.1, 0.15) is 35.0 Å². The predicted octanol–water partition coefficient (Wildman–Crippen LogP) is 4.64. The molecule has 0 saturated heterocycles. The van der Waals surface area contributed by atoms with Gasteiger partial charge in [-0.25, -0.2) is 0 Å². The Balaban J connectivity index is 1.46. The van der Waals surface area contributed by atoms with Gasteiger partial charge in [0.15, 0.2) is 0 Å². The van der Waals surface area contributed by atoms with Crippen LogP contribution >= 0.6 is 11.6 Å². The van der Waals surface area contributed by atoms with Gasteiger partial charge in [-0.2, -0.15) is 5.10 Å². The summed E-state index contributed by atoms with van der Waals surface area (Å²) in [7, 11) is 0. The first-order valence-electron chi connectivity index (χ1n) is 9.97. The van der Waals surface area contributed by atoms with E-state index < -0.39 is 0 Å². The number of benzene rings is 2. The first-order valence-corrected chi connectivity index (χ1v) is 10.4. The molecule has 0 fully saturated rings. The molecule has 0 bridgehead atoms. The Hall–Kier alpha value is -2.99. The Bertz CT molecular complexity index is 951. The molecule has 0 atom stereocenters. The highest BCUT2D eigenvalue weighted by Crippen LogP contribution is 2.19. The topological polar surface area (TPSA) is 65.4 Å². The fraction of sp³-hybridized carbons (Fsp3) is 0.304. The normalized spacial score (nSPS) is 10.6. The number of nitrogens with zero attached hydrogens (tertiary/aromatic N) is 2. The fourth-order valence-corrected chi connectivity index (χ4v) is 3.07. The maximum atomic E-state index is 12.4. The smallest absolute Gasteiger partial charge is 0.251 e. The van der Waals surface area contributed by atoms with E-state index in [1.807, 2.05) is 56.3 Å². The number of hydrogen-bond donors (Lipinski definition) is 1. The number of rotatable bonds is 10. The standard InChI is InChI=1S/C23H26ClN3O3/c1-3-29-20-8-10-21(11-9-20)30-16-18-6-4-7-19(14-18)23(28)25-12-5-13-27-15-22(24)17(2)26-27/h4,6-11,14-15H,3,5,12-13,16H2,1-2H3,(H,25,28). The summed E-state index contributed by atoms with van der Waals surface area (Å²) in [5, 5.41) is 7.91. The molecule has 1 heterocycles. The summed E-state index contributed by atoms with van der Waals surface area (Å²) >= 11 is 6.00. The Morgan fingerprint density at radius 1 is 1.13 bits per heavy atom. The zero-order chi connectivity index (χ0) is 21.3. The quantitative estimate of drug-likeness (QED) is 0.478. The maximum Gasteiger partial charge on any atom is 0.251 e. The van der Waals surface area contributed by atoms with Crippen molar-refractivity contribution in [1.29, 1.82) is 0 Å². The van der Waals surface area contributed by atoms with Gasteiger partial charge in [0.1, 0.15) is 18.1 Å². The van der Waals surface area contributed by atoms with E-state index in [4.69, 9.17) is 21.1 Å². The van der Waals surface area contributed by atoms with Crippen LogP contribution in [0.3, 0.4) is 0 Å². The van der Waals surface area contributed by atoms with E-state index in [9.17, 15) is 4.79 Å². The van der Waals surface area contributed by atoms with Crippen LogP contribution in [0.25, 0.3) is 0 Å². The van der Waals surface area contributed by atoms with E-state index in [0.717, 1.165) is 29.2 Å². The van der Waals surface area contributed by atoms with Gasteiger partial charge in [-0.3, -0.25) is 9.48 Å². The number of carbonyl (C=O) groups is 1. The van der Waals surface area contributed by atoms with E-state index in [0.29, 0.717) is 36.9 Å². The third-order valence-corrected chi connectivity index (χ3v) is 4.84. The molecule has 30 heavy (non-hydrogen) atoms. The lowest BCUT2D eigenvalue weighted by Gasteiger charge is -2.10. The molecule has 0 unspecified atom stereocenters. The van der Waals surface area contributed by atoms with Crippen LogP contribution in [-0.4, -0.2) is 28.8 Å². The van der Waals surface area contributed by atoms with Crippen molar-refractivity contribution in [1.82, 2.24) is 15.1 Å². The van der Waals surface area contributed by atoms with Crippen molar-refractivity contribution in [3.63, 3.8) is 0 Å². The zero-order valence-electron chi connectivity index (χ0n) is 17.2. The molecule has 0 aliphatic carbocycles. The van der Waals surface area contributed by atoms with Crippen LogP contribution in [0.5, 0.6) is 11.5 Å². The summed E-state index contributed by atoms with van der Waals surface area (Å²) < 4.78 is 13.0. The van der Waals surface area contributed by atoms with Gasteiger partial charge < -0.3 is 14.8 Å². The second-order valence-electron chi connectivity index (χ2n) is 6.83. The minimum Gasteiger partial charge on any atom is -0.494 e. The number of aromatic nitrogens is 2. The minimum absolute atomic E-state index is 0.104. The van der Waals surface area contributed by atoms with Gasteiger partial charge in [-0.15, -0.1) is 0 Å². The third kappa shape index (κ3) is 6.26. The summed E-state index contributed by atoms with van der Waals surface area (Å²) in [5.41, 5.74) is 2.35. The molecule has 3 aromatic rings. The van der Waals surface area contributed by atoms with E-state index in [2.05, 4.69) is 10.4 Å². The van der Waals surface area contributed by atoms with Crippen molar-refractivity contribution in [2.75, 3.05) is 13.2 Å². The van der Waals surface area contributed by atoms with E-state index in [1.54, 1.807) is 16.9 Å². The number of aryl methyl sites for hydroxylation is 2. The Labute approximate surface area is 181 Å². The lowest BCUT2D eigenvalue weighted by Crippen LogP contribution is -2.25. The number of nitrogens with one attached hydrogen (secondary N) is 1. The average molecular weight is 428 g/mol. The molecule has 7 heteroatoms. The highest BCUT2D eigenvalue weighted by molar-refractivity contribution is 6.31. The van der Waals surface area contributed by atoms with Crippen molar-refractivity contribution in [2.45, 2.75) is 33.4 Å². The van der Waals surface area contributed by atoms with Gasteiger partial charge in [0, 0.05) is 24.8 Å². The molecule has 0 spiro atoms. The van der Waals surface area contributed by atoms with Gasteiger partial charge in [-0.1, -0.05) is 23.7 Å². The second kappa shape index (κ2) is 10.7. The van der Waals surface area contributed by atoms with Crippen LogP contribution in [0, 0.1) is 6.92 Å². The Morgan fingerprint density at radius 2 is 1.87 bits per heavy atom. The molecule has 0 aliphatic heterocycles. The fourth-order valence-electron chi connectivity index (χ4n) is 2.92. The van der Waals surface area contributed by atoms with Crippen LogP contribution in [-0.2, 0) is 13.2 Å². The molecule has 0 aliphatic rings. The molecule has 2 aromatic carbocycles. The Kier molecular flexibility index (Phi) is 7.74. The van der Waals surface area contributed by atoms with Crippen molar-refractivity contribution in [3.05, 3.63) is 76.6 Å². The number of halogens is 1. The number of ether oxygens (including phenoxy) is 2. The first-order chi connectivity index (χ1) is 14.5. The molecule has 3 rings (SSSR count). The molecule has 6 nitrogen and oxygen atoms in total. The summed E-state index contributed by atoms with van der Waals surface area (Å²) in [6.45, 7) is 6.09. The predicted molar refractivity (Wildman–Crippen MR) is 117 cm³/mol. The van der Waals surface area contributed by atoms with Gasteiger partial charge in [0.2, 0.25) is 0 Å². The van der Waals surface area contributed by atoms with Crippen molar-refractivity contribution >= 4 is 17.5 Å². The van der Waals surface area contributed by atoms with E-state index in [-0.39, 0.29) is 5.91 Å². The largest absolute Gasteiger partial charge is 0.494 e. The molecular weight excluding hydrogens is 402 g/mol. The Morgan fingerprint density at radius 3 is 2.53 bits per heavy atom.